The van der Waals surface area contributed by atoms with Gasteiger partial charge in [0.1, 0.15) is 6.61 Å². The van der Waals surface area contributed by atoms with Gasteiger partial charge in [-0.15, -0.1) is 0 Å². The van der Waals surface area contributed by atoms with Crippen LogP contribution in [0.3, 0.4) is 0 Å². The summed E-state index contributed by atoms with van der Waals surface area (Å²) in [5.41, 5.74) is 0.876. The number of nitrogens with zero attached hydrogens (tertiary/aromatic N) is 2. The Bertz CT molecular complexity index is 494. The second-order valence-electron chi connectivity index (χ2n) is 3.86. The number of aryl methyl sites for hydroxylation is 1. The molecule has 0 fully saturated rings. The van der Waals surface area contributed by atoms with Gasteiger partial charge in [0.15, 0.2) is 5.75 Å². The highest BCUT2D eigenvalue weighted by Gasteiger charge is 2.06. The van der Waals surface area contributed by atoms with E-state index in [4.69, 9.17) is 4.74 Å². The first-order valence-corrected chi connectivity index (χ1v) is 5.71. The fourth-order valence-electron chi connectivity index (χ4n) is 1.52. The molecule has 96 valence electrons. The van der Waals surface area contributed by atoms with Gasteiger partial charge in [-0.05, 0) is 12.5 Å². The predicted molar refractivity (Wildman–Crippen MR) is 63.6 cm³/mol. The zero-order chi connectivity index (χ0) is 13.0. The minimum absolute atomic E-state index is 0.0255. The molecule has 0 spiro atoms. The SMILES string of the molecule is CCn1cc(OCc2ccc(C(F)F)cc2)cn1. The second kappa shape index (κ2) is 5.62. The van der Waals surface area contributed by atoms with Gasteiger partial charge >= 0.3 is 0 Å². The third-order valence-electron chi connectivity index (χ3n) is 2.57. The van der Waals surface area contributed by atoms with Crippen LogP contribution in [0.2, 0.25) is 0 Å². The second-order valence-corrected chi connectivity index (χ2v) is 3.86. The number of hydrogen-bond donors (Lipinski definition) is 0. The van der Waals surface area contributed by atoms with Gasteiger partial charge in [-0.2, -0.15) is 5.10 Å². The number of benzene rings is 1. The molecule has 2 rings (SSSR count). The fourth-order valence-corrected chi connectivity index (χ4v) is 1.52. The largest absolute Gasteiger partial charge is 0.486 e. The smallest absolute Gasteiger partial charge is 0.263 e. The molecule has 0 atom stereocenters. The number of ether oxygens (including phenoxy) is 1. The summed E-state index contributed by atoms with van der Waals surface area (Å²) in [6.45, 7) is 3.12. The molecule has 1 heterocycles. The molecule has 5 heteroatoms. The first-order chi connectivity index (χ1) is 8.69. The Balaban J connectivity index is 1.93. The number of rotatable bonds is 5. The van der Waals surface area contributed by atoms with Gasteiger partial charge in [0.2, 0.25) is 0 Å². The van der Waals surface area contributed by atoms with Crippen LogP contribution in [0.1, 0.15) is 24.5 Å². The van der Waals surface area contributed by atoms with Crippen molar-refractivity contribution in [2.45, 2.75) is 26.5 Å². The Hall–Kier alpha value is -1.91. The molecule has 1 aromatic heterocycles. The van der Waals surface area contributed by atoms with Crippen molar-refractivity contribution in [3.05, 3.63) is 47.8 Å². The van der Waals surface area contributed by atoms with E-state index in [9.17, 15) is 8.78 Å². The monoisotopic (exact) mass is 252 g/mol. The molecule has 0 aliphatic carbocycles. The molecular weight excluding hydrogens is 238 g/mol. The van der Waals surface area contributed by atoms with Crippen molar-refractivity contribution in [3.63, 3.8) is 0 Å². The maximum atomic E-state index is 12.3. The van der Waals surface area contributed by atoms with E-state index in [-0.39, 0.29) is 5.56 Å². The topological polar surface area (TPSA) is 27.1 Å². The summed E-state index contributed by atoms with van der Waals surface area (Å²) in [4.78, 5) is 0. The lowest BCUT2D eigenvalue weighted by Gasteiger charge is -2.05. The summed E-state index contributed by atoms with van der Waals surface area (Å²) < 4.78 is 32.0. The van der Waals surface area contributed by atoms with Gasteiger partial charge in [0.25, 0.3) is 6.43 Å². The molecule has 2 aromatic rings. The van der Waals surface area contributed by atoms with Crippen LogP contribution in [-0.2, 0) is 13.2 Å². The molecule has 0 saturated carbocycles. The number of halogens is 2. The normalized spacial score (nSPS) is 10.9. The molecule has 0 amide bonds. The van der Waals surface area contributed by atoms with E-state index < -0.39 is 6.43 Å². The Morgan fingerprint density at radius 1 is 1.28 bits per heavy atom. The van der Waals surface area contributed by atoms with E-state index >= 15 is 0 Å². The summed E-state index contributed by atoms with van der Waals surface area (Å²) in [5, 5.41) is 4.08. The van der Waals surface area contributed by atoms with E-state index in [2.05, 4.69) is 5.10 Å². The molecule has 0 aliphatic heterocycles. The Labute approximate surface area is 104 Å². The fraction of sp³-hybridized carbons (Fsp3) is 0.308. The molecule has 3 nitrogen and oxygen atoms in total. The van der Waals surface area contributed by atoms with E-state index in [1.165, 1.54) is 12.1 Å². The van der Waals surface area contributed by atoms with Gasteiger partial charge in [-0.3, -0.25) is 4.68 Å². The molecule has 0 N–H and O–H groups in total. The van der Waals surface area contributed by atoms with Crippen LogP contribution in [0.5, 0.6) is 5.75 Å². The Kier molecular flexibility index (Phi) is 3.92. The molecular formula is C13H14F2N2O. The third-order valence-corrected chi connectivity index (χ3v) is 2.57. The summed E-state index contributed by atoms with van der Waals surface area (Å²) in [7, 11) is 0. The predicted octanol–water partition coefficient (Wildman–Crippen LogP) is 3.42. The van der Waals surface area contributed by atoms with Crippen molar-refractivity contribution in [1.82, 2.24) is 9.78 Å². The number of alkyl halides is 2. The van der Waals surface area contributed by atoms with Gasteiger partial charge in [-0.1, -0.05) is 24.3 Å². The van der Waals surface area contributed by atoms with Crippen molar-refractivity contribution in [3.8, 4) is 5.75 Å². The lowest BCUT2D eigenvalue weighted by molar-refractivity contribution is 0.151. The third kappa shape index (κ3) is 3.06. The van der Waals surface area contributed by atoms with Gasteiger partial charge in [0.05, 0.1) is 12.4 Å². The summed E-state index contributed by atoms with van der Waals surface area (Å²) in [6, 6.07) is 6.12. The lowest BCUT2D eigenvalue weighted by atomic mass is 10.1. The molecule has 0 unspecified atom stereocenters. The van der Waals surface area contributed by atoms with E-state index in [1.54, 1.807) is 29.2 Å². The summed E-state index contributed by atoms with van der Waals surface area (Å²) in [5.74, 6) is 0.676. The van der Waals surface area contributed by atoms with E-state index in [1.807, 2.05) is 6.92 Å². The van der Waals surface area contributed by atoms with Crippen LogP contribution in [0.25, 0.3) is 0 Å². The molecule has 1 aromatic carbocycles. The molecule has 0 radical (unpaired) electrons. The zero-order valence-electron chi connectivity index (χ0n) is 10.0. The standard InChI is InChI=1S/C13H14F2N2O/c1-2-17-8-12(7-16-17)18-9-10-3-5-11(6-4-10)13(14)15/h3-8,13H,2,9H2,1H3. The van der Waals surface area contributed by atoms with Crippen molar-refractivity contribution in [2.75, 3.05) is 0 Å². The van der Waals surface area contributed by atoms with Crippen molar-refractivity contribution in [2.24, 2.45) is 0 Å². The first-order valence-electron chi connectivity index (χ1n) is 5.71. The highest BCUT2D eigenvalue weighted by molar-refractivity contribution is 5.23. The minimum Gasteiger partial charge on any atom is -0.486 e. The quantitative estimate of drug-likeness (QED) is 0.815. The number of aromatic nitrogens is 2. The van der Waals surface area contributed by atoms with Gasteiger partial charge in [-0.25, -0.2) is 8.78 Å². The van der Waals surface area contributed by atoms with Crippen molar-refractivity contribution < 1.29 is 13.5 Å². The van der Waals surface area contributed by atoms with Crippen LogP contribution in [0.4, 0.5) is 8.78 Å². The minimum atomic E-state index is -2.43. The first kappa shape index (κ1) is 12.5. The Morgan fingerprint density at radius 2 is 2.00 bits per heavy atom. The molecule has 18 heavy (non-hydrogen) atoms. The van der Waals surface area contributed by atoms with Gasteiger partial charge in [0, 0.05) is 12.1 Å². The van der Waals surface area contributed by atoms with Crippen LogP contribution in [-0.4, -0.2) is 9.78 Å². The number of hydrogen-bond acceptors (Lipinski definition) is 2. The highest BCUT2D eigenvalue weighted by Crippen LogP contribution is 2.19. The highest BCUT2D eigenvalue weighted by atomic mass is 19.3. The van der Waals surface area contributed by atoms with Crippen molar-refractivity contribution in [1.29, 1.82) is 0 Å². The summed E-state index contributed by atoms with van der Waals surface area (Å²) in [6.07, 6.45) is 1.01. The van der Waals surface area contributed by atoms with Crippen molar-refractivity contribution >= 4 is 0 Å². The van der Waals surface area contributed by atoms with E-state index in [0.29, 0.717) is 12.4 Å². The van der Waals surface area contributed by atoms with Crippen LogP contribution < -0.4 is 4.74 Å². The lowest BCUT2D eigenvalue weighted by Crippen LogP contribution is -1.95. The maximum absolute atomic E-state index is 12.3. The Morgan fingerprint density at radius 3 is 2.56 bits per heavy atom. The maximum Gasteiger partial charge on any atom is 0.263 e. The van der Waals surface area contributed by atoms with E-state index in [0.717, 1.165) is 12.1 Å². The van der Waals surface area contributed by atoms with Crippen LogP contribution in [0, 0.1) is 0 Å². The zero-order valence-corrected chi connectivity index (χ0v) is 10.0. The average Bonchev–Trinajstić information content (AvgIpc) is 2.85. The molecule has 0 bridgehead atoms. The summed E-state index contributed by atoms with van der Waals surface area (Å²) >= 11 is 0. The van der Waals surface area contributed by atoms with Gasteiger partial charge < -0.3 is 4.74 Å². The van der Waals surface area contributed by atoms with Crippen LogP contribution >= 0.6 is 0 Å². The van der Waals surface area contributed by atoms with Crippen LogP contribution in [0.15, 0.2) is 36.7 Å². The molecule has 0 aliphatic rings. The molecule has 0 saturated heterocycles. The average molecular weight is 252 g/mol.